The summed E-state index contributed by atoms with van der Waals surface area (Å²) in [6, 6.07) is 10.5. The Labute approximate surface area is 129 Å². The first-order valence-corrected chi connectivity index (χ1v) is 6.93. The third-order valence-electron chi connectivity index (χ3n) is 2.97. The van der Waals surface area contributed by atoms with Gasteiger partial charge in [-0.15, -0.1) is 0 Å². The van der Waals surface area contributed by atoms with Crippen LogP contribution >= 0.6 is 0 Å². The van der Waals surface area contributed by atoms with Gasteiger partial charge in [-0.2, -0.15) is 0 Å². The van der Waals surface area contributed by atoms with Crippen molar-refractivity contribution in [1.29, 1.82) is 0 Å². The van der Waals surface area contributed by atoms with Crippen molar-refractivity contribution >= 4 is 5.91 Å². The zero-order valence-corrected chi connectivity index (χ0v) is 12.4. The maximum atomic E-state index is 11.8. The van der Waals surface area contributed by atoms with Gasteiger partial charge >= 0.3 is 0 Å². The lowest BCUT2D eigenvalue weighted by molar-refractivity contribution is 0.0937. The SMILES string of the molecule is COCCNC(=O)c1ccc(Oc2cc(CN)ccn2)cc1. The molecule has 116 valence electrons. The smallest absolute Gasteiger partial charge is 0.251 e. The highest BCUT2D eigenvalue weighted by atomic mass is 16.5. The molecule has 3 N–H and O–H groups in total. The van der Waals surface area contributed by atoms with Gasteiger partial charge in [-0.25, -0.2) is 4.98 Å². The summed E-state index contributed by atoms with van der Waals surface area (Å²) < 4.78 is 10.5. The van der Waals surface area contributed by atoms with Gasteiger partial charge in [-0.05, 0) is 35.9 Å². The number of pyridine rings is 1. The topological polar surface area (TPSA) is 86.5 Å². The molecule has 0 aliphatic rings. The third kappa shape index (κ3) is 4.54. The minimum atomic E-state index is -0.146. The van der Waals surface area contributed by atoms with E-state index in [1.54, 1.807) is 43.6 Å². The number of nitrogens with two attached hydrogens (primary N) is 1. The molecular weight excluding hydrogens is 282 g/mol. The summed E-state index contributed by atoms with van der Waals surface area (Å²) >= 11 is 0. The number of aromatic nitrogens is 1. The molecule has 2 aromatic rings. The van der Waals surface area contributed by atoms with Crippen LogP contribution in [0.4, 0.5) is 0 Å². The van der Waals surface area contributed by atoms with Gasteiger partial charge in [0.05, 0.1) is 6.61 Å². The number of benzene rings is 1. The first-order chi connectivity index (χ1) is 10.7. The summed E-state index contributed by atoms with van der Waals surface area (Å²) in [5, 5.41) is 2.75. The number of nitrogens with one attached hydrogen (secondary N) is 1. The highest BCUT2D eigenvalue weighted by Crippen LogP contribution is 2.20. The van der Waals surface area contributed by atoms with Gasteiger partial charge in [-0.3, -0.25) is 4.79 Å². The fourth-order valence-electron chi connectivity index (χ4n) is 1.80. The lowest BCUT2D eigenvalue weighted by atomic mass is 10.2. The molecule has 6 heteroatoms. The van der Waals surface area contributed by atoms with Crippen LogP contribution in [0, 0.1) is 0 Å². The Morgan fingerprint density at radius 1 is 1.27 bits per heavy atom. The van der Waals surface area contributed by atoms with E-state index in [1.807, 2.05) is 6.07 Å². The van der Waals surface area contributed by atoms with Crippen molar-refractivity contribution in [3.8, 4) is 11.6 Å². The van der Waals surface area contributed by atoms with E-state index in [1.165, 1.54) is 0 Å². The predicted molar refractivity (Wildman–Crippen MR) is 82.9 cm³/mol. The Bertz CT molecular complexity index is 614. The number of hydrogen-bond donors (Lipinski definition) is 2. The van der Waals surface area contributed by atoms with E-state index >= 15 is 0 Å². The van der Waals surface area contributed by atoms with Crippen molar-refractivity contribution in [3.05, 3.63) is 53.7 Å². The van der Waals surface area contributed by atoms with Crippen LogP contribution in [-0.2, 0) is 11.3 Å². The summed E-state index contributed by atoms with van der Waals surface area (Å²) in [4.78, 5) is 16.0. The largest absolute Gasteiger partial charge is 0.439 e. The van der Waals surface area contributed by atoms with Gasteiger partial charge in [-0.1, -0.05) is 0 Å². The molecule has 0 atom stereocenters. The standard InChI is InChI=1S/C16H19N3O3/c1-21-9-8-19-16(20)13-2-4-14(5-3-13)22-15-10-12(11-17)6-7-18-15/h2-7,10H,8-9,11,17H2,1H3,(H,19,20). The predicted octanol–water partition coefficient (Wildman–Crippen LogP) is 1.71. The minimum Gasteiger partial charge on any atom is -0.439 e. The van der Waals surface area contributed by atoms with Crippen molar-refractivity contribution < 1.29 is 14.3 Å². The molecule has 0 saturated carbocycles. The fourth-order valence-corrected chi connectivity index (χ4v) is 1.80. The molecule has 0 saturated heterocycles. The van der Waals surface area contributed by atoms with Crippen molar-refractivity contribution in [2.45, 2.75) is 6.54 Å². The third-order valence-corrected chi connectivity index (χ3v) is 2.97. The van der Waals surface area contributed by atoms with Gasteiger partial charge in [0.2, 0.25) is 5.88 Å². The van der Waals surface area contributed by atoms with Crippen molar-refractivity contribution in [2.24, 2.45) is 5.73 Å². The van der Waals surface area contributed by atoms with Crippen LogP contribution < -0.4 is 15.8 Å². The van der Waals surface area contributed by atoms with Crippen molar-refractivity contribution in [2.75, 3.05) is 20.3 Å². The average molecular weight is 301 g/mol. The molecular formula is C16H19N3O3. The Balaban J connectivity index is 1.97. The van der Waals surface area contributed by atoms with Crippen molar-refractivity contribution in [1.82, 2.24) is 10.3 Å². The summed E-state index contributed by atoms with van der Waals surface area (Å²) in [6.45, 7) is 1.39. The van der Waals surface area contributed by atoms with Gasteiger partial charge in [0, 0.05) is 38.0 Å². The molecule has 1 amide bonds. The molecule has 22 heavy (non-hydrogen) atoms. The molecule has 1 heterocycles. The fraction of sp³-hybridized carbons (Fsp3) is 0.250. The minimum absolute atomic E-state index is 0.146. The maximum Gasteiger partial charge on any atom is 0.251 e. The van der Waals surface area contributed by atoms with Crippen LogP contribution in [0.25, 0.3) is 0 Å². The van der Waals surface area contributed by atoms with Crippen LogP contribution in [0.3, 0.4) is 0 Å². The van der Waals surface area contributed by atoms with E-state index in [0.717, 1.165) is 5.56 Å². The quantitative estimate of drug-likeness (QED) is 0.760. The lowest BCUT2D eigenvalue weighted by Gasteiger charge is -2.07. The number of nitrogens with zero attached hydrogens (tertiary/aromatic N) is 1. The van der Waals surface area contributed by atoms with Crippen LogP contribution in [0.5, 0.6) is 11.6 Å². The Morgan fingerprint density at radius 3 is 2.73 bits per heavy atom. The highest BCUT2D eigenvalue weighted by Gasteiger charge is 2.06. The molecule has 0 unspecified atom stereocenters. The summed E-state index contributed by atoms with van der Waals surface area (Å²) in [7, 11) is 1.59. The van der Waals surface area contributed by atoms with Crippen LogP contribution in [-0.4, -0.2) is 31.2 Å². The lowest BCUT2D eigenvalue weighted by Crippen LogP contribution is -2.26. The summed E-state index contributed by atoms with van der Waals surface area (Å²) in [6.07, 6.45) is 1.65. The van der Waals surface area contributed by atoms with E-state index in [-0.39, 0.29) is 5.91 Å². The average Bonchev–Trinajstić information content (AvgIpc) is 2.56. The molecule has 1 aromatic carbocycles. The molecule has 0 aliphatic carbocycles. The molecule has 0 bridgehead atoms. The second kappa shape index (κ2) is 8.11. The molecule has 0 fully saturated rings. The van der Waals surface area contributed by atoms with Gasteiger partial charge < -0.3 is 20.5 Å². The van der Waals surface area contributed by atoms with Gasteiger partial charge in [0.25, 0.3) is 5.91 Å². The highest BCUT2D eigenvalue weighted by molar-refractivity contribution is 5.94. The summed E-state index contributed by atoms with van der Waals surface area (Å²) in [5.74, 6) is 0.933. The first kappa shape index (κ1) is 15.9. The van der Waals surface area contributed by atoms with E-state index in [2.05, 4.69) is 10.3 Å². The number of amides is 1. The monoisotopic (exact) mass is 301 g/mol. The van der Waals surface area contributed by atoms with Gasteiger partial charge in [0.15, 0.2) is 0 Å². The molecule has 1 aromatic heterocycles. The first-order valence-electron chi connectivity index (χ1n) is 6.93. The van der Waals surface area contributed by atoms with E-state index in [4.69, 9.17) is 15.2 Å². The second-order valence-corrected chi connectivity index (χ2v) is 4.58. The van der Waals surface area contributed by atoms with Gasteiger partial charge in [0.1, 0.15) is 5.75 Å². The maximum absolute atomic E-state index is 11.8. The molecule has 0 aliphatic heterocycles. The van der Waals surface area contributed by atoms with E-state index in [9.17, 15) is 4.79 Å². The van der Waals surface area contributed by atoms with Crippen LogP contribution in [0.15, 0.2) is 42.6 Å². The molecule has 0 spiro atoms. The zero-order chi connectivity index (χ0) is 15.8. The second-order valence-electron chi connectivity index (χ2n) is 4.58. The van der Waals surface area contributed by atoms with Crippen LogP contribution in [0.1, 0.15) is 15.9 Å². The number of ether oxygens (including phenoxy) is 2. The number of rotatable bonds is 7. The normalized spacial score (nSPS) is 10.3. The van der Waals surface area contributed by atoms with E-state index in [0.29, 0.717) is 36.9 Å². The number of methoxy groups -OCH3 is 1. The van der Waals surface area contributed by atoms with E-state index < -0.39 is 0 Å². The zero-order valence-electron chi connectivity index (χ0n) is 12.4. The Morgan fingerprint density at radius 2 is 2.05 bits per heavy atom. The number of carbonyl (C=O) groups is 1. The number of hydrogen-bond acceptors (Lipinski definition) is 5. The van der Waals surface area contributed by atoms with Crippen LogP contribution in [0.2, 0.25) is 0 Å². The molecule has 0 radical (unpaired) electrons. The Hall–Kier alpha value is -2.44. The Kier molecular flexibility index (Phi) is 5.88. The molecule has 6 nitrogen and oxygen atoms in total. The summed E-state index contributed by atoms with van der Waals surface area (Å²) in [5.41, 5.74) is 7.08. The number of carbonyl (C=O) groups excluding carboxylic acids is 1. The molecule has 2 rings (SSSR count). The van der Waals surface area contributed by atoms with Crippen molar-refractivity contribution in [3.63, 3.8) is 0 Å².